The van der Waals surface area contributed by atoms with Crippen molar-refractivity contribution in [1.29, 1.82) is 0 Å². The molecule has 2 amide bonds. The second-order valence-electron chi connectivity index (χ2n) is 8.14. The molecule has 0 aliphatic heterocycles. The molecule has 8 heteroatoms. The average Bonchev–Trinajstić information content (AvgIpc) is 3.30. The molecule has 0 saturated heterocycles. The van der Waals surface area contributed by atoms with Crippen LogP contribution in [0.4, 0.5) is 0 Å². The van der Waals surface area contributed by atoms with Crippen molar-refractivity contribution in [1.82, 2.24) is 10.6 Å². The van der Waals surface area contributed by atoms with Crippen molar-refractivity contribution in [2.45, 2.75) is 31.8 Å². The summed E-state index contributed by atoms with van der Waals surface area (Å²) in [5.74, 6) is -0.809. The topological polar surface area (TPSA) is 118 Å². The van der Waals surface area contributed by atoms with Crippen LogP contribution in [-0.4, -0.2) is 42.1 Å². The van der Waals surface area contributed by atoms with Crippen molar-refractivity contribution < 1.29 is 28.6 Å². The Kier molecular flexibility index (Phi) is 6.92. The minimum absolute atomic E-state index is 0.00175. The predicted octanol–water partition coefficient (Wildman–Crippen LogP) is 3.61. The van der Waals surface area contributed by atoms with Gasteiger partial charge in [0.2, 0.25) is 0 Å². The molecule has 0 bridgehead atoms. The van der Waals surface area contributed by atoms with Gasteiger partial charge in [0.15, 0.2) is 0 Å². The van der Waals surface area contributed by atoms with E-state index < -0.39 is 5.97 Å². The summed E-state index contributed by atoms with van der Waals surface area (Å²) in [5.41, 5.74) is 1.75. The molecule has 172 valence electrons. The Morgan fingerprint density at radius 3 is 2.18 bits per heavy atom. The number of carboxylic acid groups (broad SMARTS) is 1. The van der Waals surface area contributed by atoms with Crippen LogP contribution >= 0.6 is 0 Å². The first kappa shape index (κ1) is 22.4. The molecule has 1 aromatic heterocycles. The van der Waals surface area contributed by atoms with Crippen molar-refractivity contribution in [3.8, 4) is 5.75 Å². The molecule has 0 unspecified atom stereocenters. The number of benzene rings is 2. The van der Waals surface area contributed by atoms with Crippen molar-refractivity contribution in [3.63, 3.8) is 0 Å². The highest BCUT2D eigenvalue weighted by atomic mass is 16.5. The third kappa shape index (κ3) is 5.71. The van der Waals surface area contributed by atoms with E-state index in [1.54, 1.807) is 54.8 Å². The summed E-state index contributed by atoms with van der Waals surface area (Å²) >= 11 is 0. The second-order valence-corrected chi connectivity index (χ2v) is 8.14. The quantitative estimate of drug-likeness (QED) is 0.451. The molecule has 33 heavy (non-hydrogen) atoms. The summed E-state index contributed by atoms with van der Waals surface area (Å²) in [6, 6.07) is 13.9. The molecular formula is C25H26N2O6. The maximum Gasteiger partial charge on any atom is 0.306 e. The number of amides is 2. The number of rotatable bonds is 8. The van der Waals surface area contributed by atoms with Crippen LogP contribution in [-0.2, 0) is 4.79 Å². The summed E-state index contributed by atoms with van der Waals surface area (Å²) in [7, 11) is 0. The van der Waals surface area contributed by atoms with Gasteiger partial charge < -0.3 is 24.9 Å². The number of carbonyl (C=O) groups is 3. The van der Waals surface area contributed by atoms with E-state index in [0.717, 1.165) is 11.0 Å². The van der Waals surface area contributed by atoms with Gasteiger partial charge >= 0.3 is 5.97 Å². The summed E-state index contributed by atoms with van der Waals surface area (Å²) in [6.45, 7) is 0.595. The molecule has 8 nitrogen and oxygen atoms in total. The van der Waals surface area contributed by atoms with Gasteiger partial charge in [0.1, 0.15) is 11.3 Å². The second kappa shape index (κ2) is 10.2. The molecule has 4 rings (SSSR count). The van der Waals surface area contributed by atoms with Crippen LogP contribution in [0.5, 0.6) is 5.75 Å². The summed E-state index contributed by atoms with van der Waals surface area (Å²) in [5, 5.41) is 15.5. The Balaban J connectivity index is 1.19. The highest BCUT2D eigenvalue weighted by molar-refractivity contribution is 5.98. The van der Waals surface area contributed by atoms with Crippen LogP contribution in [0, 0.1) is 5.92 Å². The third-order valence-corrected chi connectivity index (χ3v) is 5.85. The fourth-order valence-electron chi connectivity index (χ4n) is 3.97. The molecule has 3 aromatic rings. The lowest BCUT2D eigenvalue weighted by Crippen LogP contribution is -2.34. The number of carbonyl (C=O) groups excluding carboxylic acids is 2. The standard InChI is InChI=1S/C25H26N2O6/c28-23(26-12-13-27-24(29)19-5-10-22-18(15-19)11-14-32-22)16-1-6-20(7-2-16)33-21-8-3-17(4-9-21)25(30)31/h1-2,5-7,10-11,14-15,17,21H,3-4,8-9,12-13H2,(H,26,28)(H,27,29)(H,30,31). The highest BCUT2D eigenvalue weighted by Crippen LogP contribution is 2.28. The Bertz CT molecular complexity index is 1130. The first-order valence-corrected chi connectivity index (χ1v) is 11.0. The average molecular weight is 450 g/mol. The lowest BCUT2D eigenvalue weighted by Gasteiger charge is -2.26. The molecule has 3 N–H and O–H groups in total. The van der Waals surface area contributed by atoms with Gasteiger partial charge in [-0.15, -0.1) is 0 Å². The number of fused-ring (bicyclic) bond motifs is 1. The first-order valence-electron chi connectivity index (χ1n) is 11.0. The van der Waals surface area contributed by atoms with E-state index in [0.29, 0.717) is 55.6 Å². The number of hydrogen-bond acceptors (Lipinski definition) is 5. The number of nitrogens with one attached hydrogen (secondary N) is 2. The molecule has 0 radical (unpaired) electrons. The molecule has 1 saturated carbocycles. The molecule has 1 fully saturated rings. The normalized spacial score (nSPS) is 17.9. The van der Waals surface area contributed by atoms with Gasteiger partial charge in [-0.1, -0.05) is 0 Å². The maximum absolute atomic E-state index is 12.3. The molecule has 1 heterocycles. The minimum Gasteiger partial charge on any atom is -0.490 e. The van der Waals surface area contributed by atoms with E-state index in [9.17, 15) is 14.4 Å². The van der Waals surface area contributed by atoms with E-state index in [1.165, 1.54) is 0 Å². The fraction of sp³-hybridized carbons (Fsp3) is 0.320. The summed E-state index contributed by atoms with van der Waals surface area (Å²) in [6.07, 6.45) is 4.23. The third-order valence-electron chi connectivity index (χ3n) is 5.85. The van der Waals surface area contributed by atoms with E-state index in [-0.39, 0.29) is 23.8 Å². The fourth-order valence-corrected chi connectivity index (χ4v) is 3.97. The van der Waals surface area contributed by atoms with Crippen LogP contribution in [0.15, 0.2) is 59.2 Å². The van der Waals surface area contributed by atoms with Crippen molar-refractivity contribution in [2.24, 2.45) is 5.92 Å². The van der Waals surface area contributed by atoms with Gasteiger partial charge in [0.05, 0.1) is 18.3 Å². The smallest absolute Gasteiger partial charge is 0.306 e. The van der Waals surface area contributed by atoms with Gasteiger partial charge in [0.25, 0.3) is 11.8 Å². The molecule has 0 spiro atoms. The lowest BCUT2D eigenvalue weighted by molar-refractivity contribution is -0.143. The Morgan fingerprint density at radius 2 is 1.52 bits per heavy atom. The van der Waals surface area contributed by atoms with Gasteiger partial charge in [-0.25, -0.2) is 0 Å². The Labute approximate surface area is 190 Å². The van der Waals surface area contributed by atoms with Crippen LogP contribution < -0.4 is 15.4 Å². The van der Waals surface area contributed by atoms with Gasteiger partial charge in [-0.3, -0.25) is 14.4 Å². The molecular weight excluding hydrogens is 424 g/mol. The summed E-state index contributed by atoms with van der Waals surface area (Å²) < 4.78 is 11.2. The molecule has 1 aliphatic carbocycles. The van der Waals surface area contributed by atoms with Crippen LogP contribution in [0.1, 0.15) is 46.4 Å². The van der Waals surface area contributed by atoms with Crippen molar-refractivity contribution in [3.05, 3.63) is 65.9 Å². The predicted molar refractivity (Wildman–Crippen MR) is 121 cm³/mol. The SMILES string of the molecule is O=C(NCCNC(=O)c1ccc2occc2c1)c1ccc(OC2CCC(C(=O)O)CC2)cc1. The van der Waals surface area contributed by atoms with E-state index in [1.807, 2.05) is 0 Å². The minimum atomic E-state index is -0.737. The zero-order chi connectivity index (χ0) is 23.2. The number of aliphatic carboxylic acids is 1. The van der Waals surface area contributed by atoms with Crippen LogP contribution in [0.2, 0.25) is 0 Å². The zero-order valence-electron chi connectivity index (χ0n) is 18.1. The van der Waals surface area contributed by atoms with Gasteiger partial charge in [-0.2, -0.15) is 0 Å². The number of carboxylic acids is 1. The molecule has 0 atom stereocenters. The highest BCUT2D eigenvalue weighted by Gasteiger charge is 2.26. The monoisotopic (exact) mass is 450 g/mol. The van der Waals surface area contributed by atoms with Crippen LogP contribution in [0.3, 0.4) is 0 Å². The molecule has 2 aromatic carbocycles. The zero-order valence-corrected chi connectivity index (χ0v) is 18.1. The lowest BCUT2D eigenvalue weighted by atomic mass is 9.87. The first-order chi connectivity index (χ1) is 16.0. The number of furan rings is 1. The summed E-state index contributed by atoms with van der Waals surface area (Å²) in [4.78, 5) is 35.7. The van der Waals surface area contributed by atoms with E-state index >= 15 is 0 Å². The van der Waals surface area contributed by atoms with Crippen molar-refractivity contribution >= 4 is 28.8 Å². The van der Waals surface area contributed by atoms with E-state index in [2.05, 4.69) is 10.6 Å². The Hall–Kier alpha value is -3.81. The van der Waals surface area contributed by atoms with E-state index in [4.69, 9.17) is 14.3 Å². The Morgan fingerprint density at radius 1 is 0.879 bits per heavy atom. The largest absolute Gasteiger partial charge is 0.490 e. The number of ether oxygens (including phenoxy) is 1. The molecule has 1 aliphatic rings. The number of hydrogen-bond donors (Lipinski definition) is 3. The van der Waals surface area contributed by atoms with Crippen LogP contribution in [0.25, 0.3) is 11.0 Å². The van der Waals surface area contributed by atoms with Gasteiger partial charge in [0, 0.05) is 29.6 Å². The maximum atomic E-state index is 12.3. The van der Waals surface area contributed by atoms with Gasteiger partial charge in [-0.05, 0) is 74.2 Å². The van der Waals surface area contributed by atoms with Crippen molar-refractivity contribution in [2.75, 3.05) is 13.1 Å².